The van der Waals surface area contributed by atoms with Gasteiger partial charge >= 0.3 is 0 Å². The highest BCUT2D eigenvalue weighted by atomic mass is 35.5. The summed E-state index contributed by atoms with van der Waals surface area (Å²) in [5, 5.41) is 8.78. The maximum absolute atomic E-state index is 12.5. The summed E-state index contributed by atoms with van der Waals surface area (Å²) in [5.74, 6) is 0.238. The fraction of sp³-hybridized carbons (Fsp3) is 0.250. The fourth-order valence-corrected chi connectivity index (χ4v) is 3.29. The molecule has 5 nitrogen and oxygen atoms in total. The van der Waals surface area contributed by atoms with Gasteiger partial charge in [0.05, 0.1) is 10.7 Å². The van der Waals surface area contributed by atoms with Crippen molar-refractivity contribution in [2.24, 2.45) is 0 Å². The van der Waals surface area contributed by atoms with E-state index < -0.39 is 0 Å². The van der Waals surface area contributed by atoms with Crippen LogP contribution < -0.4 is 5.32 Å². The van der Waals surface area contributed by atoms with Gasteiger partial charge in [-0.25, -0.2) is 9.67 Å². The van der Waals surface area contributed by atoms with Crippen LogP contribution in [0.4, 0.5) is 0 Å². The average molecular weight is 438 g/mol. The normalized spacial score (nSPS) is 10.9. The van der Waals surface area contributed by atoms with E-state index in [4.69, 9.17) is 34.8 Å². The Balaban J connectivity index is 2.00. The van der Waals surface area contributed by atoms with Crippen LogP contribution in [-0.2, 0) is 0 Å². The lowest BCUT2D eigenvalue weighted by Crippen LogP contribution is -2.25. The lowest BCUT2D eigenvalue weighted by molar-refractivity contribution is 0.0942. The Kier molecular flexibility index (Phi) is 6.94. The number of aromatic nitrogens is 3. The van der Waals surface area contributed by atoms with Crippen molar-refractivity contribution in [2.75, 3.05) is 6.54 Å². The summed E-state index contributed by atoms with van der Waals surface area (Å²) >= 11 is 18.4. The Morgan fingerprint density at radius 3 is 2.43 bits per heavy atom. The monoisotopic (exact) mass is 436 g/mol. The molecule has 0 spiro atoms. The van der Waals surface area contributed by atoms with E-state index in [-0.39, 0.29) is 11.7 Å². The van der Waals surface area contributed by atoms with Gasteiger partial charge in [-0.3, -0.25) is 4.79 Å². The quantitative estimate of drug-likeness (QED) is 0.474. The molecule has 0 atom stereocenters. The van der Waals surface area contributed by atoms with E-state index >= 15 is 0 Å². The van der Waals surface area contributed by atoms with Crippen molar-refractivity contribution in [1.29, 1.82) is 0 Å². The predicted octanol–water partition coefficient (Wildman–Crippen LogP) is 5.81. The number of carbonyl (C=O) groups is 1. The first-order valence-corrected chi connectivity index (χ1v) is 10.1. The summed E-state index contributed by atoms with van der Waals surface area (Å²) in [6.45, 7) is 2.69. The van der Waals surface area contributed by atoms with Crippen molar-refractivity contribution in [3.63, 3.8) is 0 Å². The topological polar surface area (TPSA) is 59.8 Å². The molecule has 0 radical (unpaired) electrons. The van der Waals surface area contributed by atoms with E-state index in [1.54, 1.807) is 35.0 Å². The maximum atomic E-state index is 12.5. The average Bonchev–Trinajstić information content (AvgIpc) is 3.11. The molecule has 28 heavy (non-hydrogen) atoms. The van der Waals surface area contributed by atoms with Crippen LogP contribution in [0.25, 0.3) is 17.1 Å². The fourth-order valence-electron chi connectivity index (χ4n) is 2.67. The number of carbonyl (C=O) groups excluding carboxylic acids is 1. The summed E-state index contributed by atoms with van der Waals surface area (Å²) in [6, 6.07) is 12.2. The molecule has 2 aromatic carbocycles. The third kappa shape index (κ3) is 4.85. The van der Waals surface area contributed by atoms with Gasteiger partial charge in [0.2, 0.25) is 5.82 Å². The van der Waals surface area contributed by atoms with Crippen LogP contribution in [0.3, 0.4) is 0 Å². The Hall–Kier alpha value is -2.08. The molecule has 0 saturated carbocycles. The summed E-state index contributed by atoms with van der Waals surface area (Å²) in [4.78, 5) is 17.0. The number of unbranched alkanes of at least 4 members (excludes halogenated alkanes) is 2. The van der Waals surface area contributed by atoms with Gasteiger partial charge in [0.15, 0.2) is 5.82 Å². The van der Waals surface area contributed by atoms with E-state index in [9.17, 15) is 4.79 Å². The summed E-state index contributed by atoms with van der Waals surface area (Å²) in [6.07, 6.45) is 3.05. The molecule has 3 aromatic rings. The minimum atomic E-state index is -0.324. The van der Waals surface area contributed by atoms with E-state index in [0.717, 1.165) is 24.8 Å². The van der Waals surface area contributed by atoms with E-state index in [1.807, 2.05) is 12.1 Å². The van der Waals surface area contributed by atoms with Gasteiger partial charge in [-0.1, -0.05) is 54.6 Å². The highest BCUT2D eigenvalue weighted by molar-refractivity contribution is 6.35. The number of nitrogens with one attached hydrogen (secondary N) is 1. The van der Waals surface area contributed by atoms with Crippen molar-refractivity contribution in [1.82, 2.24) is 20.1 Å². The number of hydrogen-bond acceptors (Lipinski definition) is 3. The standard InChI is InChI=1S/C20H19Cl3N4O/c1-2-3-4-11-24-20(28)18-25-19(13-5-7-14(21)8-6-13)27(26-18)17-10-9-15(22)12-16(17)23/h5-10,12H,2-4,11H2,1H3,(H,24,28). The SMILES string of the molecule is CCCCCNC(=O)c1nc(-c2ccc(Cl)cc2)n(-c2ccc(Cl)cc2Cl)n1. The zero-order valence-corrected chi connectivity index (χ0v) is 17.5. The van der Waals surface area contributed by atoms with Crippen LogP contribution in [0.2, 0.25) is 15.1 Å². The van der Waals surface area contributed by atoms with Crippen LogP contribution in [-0.4, -0.2) is 27.2 Å². The van der Waals surface area contributed by atoms with E-state index in [2.05, 4.69) is 22.3 Å². The Morgan fingerprint density at radius 1 is 1.04 bits per heavy atom. The first-order valence-electron chi connectivity index (χ1n) is 8.96. The molecule has 1 amide bonds. The zero-order chi connectivity index (χ0) is 20.1. The maximum Gasteiger partial charge on any atom is 0.290 e. The zero-order valence-electron chi connectivity index (χ0n) is 15.3. The van der Waals surface area contributed by atoms with Gasteiger partial charge in [0.1, 0.15) is 0 Å². The number of rotatable bonds is 7. The van der Waals surface area contributed by atoms with Gasteiger partial charge in [-0.05, 0) is 48.9 Å². The molecule has 1 aromatic heterocycles. The molecule has 0 aliphatic heterocycles. The molecule has 146 valence electrons. The molecule has 0 aliphatic rings. The number of benzene rings is 2. The van der Waals surface area contributed by atoms with Crippen LogP contribution in [0.15, 0.2) is 42.5 Å². The van der Waals surface area contributed by atoms with Crippen molar-refractivity contribution in [3.05, 3.63) is 63.4 Å². The van der Waals surface area contributed by atoms with Crippen LogP contribution >= 0.6 is 34.8 Å². The van der Waals surface area contributed by atoms with Crippen molar-refractivity contribution >= 4 is 40.7 Å². The van der Waals surface area contributed by atoms with Crippen LogP contribution in [0.1, 0.15) is 36.8 Å². The molecule has 0 bridgehead atoms. The lowest BCUT2D eigenvalue weighted by atomic mass is 10.2. The number of halogens is 3. The molecule has 8 heteroatoms. The van der Waals surface area contributed by atoms with E-state index in [0.29, 0.717) is 33.1 Å². The molecule has 3 rings (SSSR count). The second kappa shape index (κ2) is 9.41. The van der Waals surface area contributed by atoms with Gasteiger partial charge in [-0.15, -0.1) is 5.10 Å². The van der Waals surface area contributed by atoms with Crippen LogP contribution in [0, 0.1) is 0 Å². The molecular weight excluding hydrogens is 419 g/mol. The first kappa shape index (κ1) is 20.6. The molecule has 1 heterocycles. The minimum absolute atomic E-state index is 0.0764. The predicted molar refractivity (Wildman–Crippen MR) is 114 cm³/mol. The molecule has 0 fully saturated rings. The Bertz CT molecular complexity index is 970. The number of nitrogens with zero attached hydrogens (tertiary/aromatic N) is 3. The molecular formula is C20H19Cl3N4O. The van der Waals surface area contributed by atoms with Crippen LogP contribution in [0.5, 0.6) is 0 Å². The third-order valence-electron chi connectivity index (χ3n) is 4.12. The summed E-state index contributed by atoms with van der Waals surface area (Å²) < 4.78 is 1.54. The second-order valence-corrected chi connectivity index (χ2v) is 7.52. The number of hydrogen-bond donors (Lipinski definition) is 1. The minimum Gasteiger partial charge on any atom is -0.349 e. The lowest BCUT2D eigenvalue weighted by Gasteiger charge is -2.08. The third-order valence-corrected chi connectivity index (χ3v) is 4.91. The van der Waals surface area contributed by atoms with Gasteiger partial charge in [0.25, 0.3) is 5.91 Å². The highest BCUT2D eigenvalue weighted by Crippen LogP contribution is 2.28. The second-order valence-electron chi connectivity index (χ2n) is 6.24. The smallest absolute Gasteiger partial charge is 0.290 e. The van der Waals surface area contributed by atoms with Crippen molar-refractivity contribution < 1.29 is 4.79 Å². The molecule has 0 aliphatic carbocycles. The largest absolute Gasteiger partial charge is 0.349 e. The summed E-state index contributed by atoms with van der Waals surface area (Å²) in [5.41, 5.74) is 1.33. The van der Waals surface area contributed by atoms with Crippen molar-refractivity contribution in [2.45, 2.75) is 26.2 Å². The molecule has 1 N–H and O–H groups in total. The Labute approximate surface area is 178 Å². The first-order chi connectivity index (χ1) is 13.5. The van der Waals surface area contributed by atoms with Gasteiger partial charge in [0, 0.05) is 22.2 Å². The molecule has 0 saturated heterocycles. The van der Waals surface area contributed by atoms with Gasteiger partial charge in [-0.2, -0.15) is 0 Å². The highest BCUT2D eigenvalue weighted by Gasteiger charge is 2.20. The van der Waals surface area contributed by atoms with Gasteiger partial charge < -0.3 is 5.32 Å². The van der Waals surface area contributed by atoms with E-state index in [1.165, 1.54) is 0 Å². The molecule has 0 unspecified atom stereocenters. The summed E-state index contributed by atoms with van der Waals surface area (Å²) in [7, 11) is 0. The Morgan fingerprint density at radius 2 is 1.75 bits per heavy atom. The number of amides is 1. The van der Waals surface area contributed by atoms with Crippen molar-refractivity contribution in [3.8, 4) is 17.1 Å².